The largest absolute Gasteiger partial charge is 0.496 e. The number of quaternary nitrogens is 1. The van der Waals surface area contributed by atoms with Crippen molar-refractivity contribution in [1.82, 2.24) is 10.7 Å². The van der Waals surface area contributed by atoms with Crippen LogP contribution in [0.3, 0.4) is 0 Å². The van der Waals surface area contributed by atoms with Crippen LogP contribution in [0.2, 0.25) is 0 Å². The van der Waals surface area contributed by atoms with E-state index in [9.17, 15) is 0 Å². The van der Waals surface area contributed by atoms with E-state index in [2.05, 4.69) is 21.9 Å². The van der Waals surface area contributed by atoms with E-state index >= 15 is 0 Å². The number of nitrogens with one attached hydrogen (secondary N) is 3. The molecule has 0 aliphatic carbocycles. The Labute approximate surface area is 155 Å². The number of methoxy groups -OCH3 is 1. The van der Waals surface area contributed by atoms with Crippen molar-refractivity contribution in [3.8, 4) is 5.75 Å². The van der Waals surface area contributed by atoms with Gasteiger partial charge in [-0.3, -0.25) is 5.43 Å². The van der Waals surface area contributed by atoms with Gasteiger partial charge in [0.2, 0.25) is 0 Å². The molecule has 1 heterocycles. The number of aryl methyl sites for hydroxylation is 1. The number of morpholine rings is 1. The monoisotopic (exact) mass is 365 g/mol. The van der Waals surface area contributed by atoms with Crippen LogP contribution in [0.25, 0.3) is 0 Å². The second-order valence-electron chi connectivity index (χ2n) is 6.23. The van der Waals surface area contributed by atoms with Gasteiger partial charge < -0.3 is 19.7 Å². The van der Waals surface area contributed by atoms with Crippen LogP contribution >= 0.6 is 12.2 Å². The zero-order chi connectivity index (χ0) is 18.1. The average molecular weight is 366 g/mol. The highest BCUT2D eigenvalue weighted by Gasteiger charge is 2.12. The van der Waals surface area contributed by atoms with E-state index in [-0.39, 0.29) is 0 Å². The Bertz CT molecular complexity index is 601. The van der Waals surface area contributed by atoms with Gasteiger partial charge in [0.25, 0.3) is 0 Å². The van der Waals surface area contributed by atoms with Gasteiger partial charge in [0.05, 0.1) is 32.6 Å². The molecule has 0 radical (unpaired) electrons. The minimum atomic E-state index is 0.544. The molecule has 0 saturated carbocycles. The van der Waals surface area contributed by atoms with Crippen molar-refractivity contribution in [2.24, 2.45) is 5.10 Å². The molecule has 2 rings (SSSR count). The summed E-state index contributed by atoms with van der Waals surface area (Å²) in [5.74, 6) is 0.806. The highest BCUT2D eigenvalue weighted by Crippen LogP contribution is 2.20. The van der Waals surface area contributed by atoms with Gasteiger partial charge in [-0.2, -0.15) is 5.10 Å². The Morgan fingerprint density at radius 2 is 2.12 bits per heavy atom. The fourth-order valence-electron chi connectivity index (χ4n) is 2.79. The van der Waals surface area contributed by atoms with E-state index in [1.165, 1.54) is 0 Å². The SMILES string of the molecule is COc1ccc(C)cc1/C(C)=N\NC(=S)NCCC[NH+]1CCOCC1. The van der Waals surface area contributed by atoms with Gasteiger partial charge >= 0.3 is 0 Å². The first-order valence-corrected chi connectivity index (χ1v) is 9.15. The third-order valence-corrected chi connectivity index (χ3v) is 4.50. The first-order valence-electron chi connectivity index (χ1n) is 8.74. The van der Waals surface area contributed by atoms with E-state index in [0.29, 0.717) is 5.11 Å². The fraction of sp³-hybridized carbons (Fsp3) is 0.556. The maximum Gasteiger partial charge on any atom is 0.186 e. The average Bonchev–Trinajstić information content (AvgIpc) is 2.64. The molecule has 0 unspecified atom stereocenters. The van der Waals surface area contributed by atoms with Crippen LogP contribution in [0, 0.1) is 6.92 Å². The van der Waals surface area contributed by atoms with Gasteiger partial charge in [-0.05, 0) is 38.2 Å². The smallest absolute Gasteiger partial charge is 0.186 e. The lowest BCUT2D eigenvalue weighted by molar-refractivity contribution is -0.908. The first-order chi connectivity index (χ1) is 12.1. The van der Waals surface area contributed by atoms with E-state index < -0.39 is 0 Å². The van der Waals surface area contributed by atoms with Gasteiger partial charge in [-0.15, -0.1) is 0 Å². The molecule has 1 fully saturated rings. The summed E-state index contributed by atoms with van der Waals surface area (Å²) in [6, 6.07) is 6.03. The lowest BCUT2D eigenvalue weighted by Gasteiger charge is -2.23. The summed E-state index contributed by atoms with van der Waals surface area (Å²) in [4.78, 5) is 1.60. The summed E-state index contributed by atoms with van der Waals surface area (Å²) in [6.45, 7) is 9.93. The summed E-state index contributed by atoms with van der Waals surface area (Å²) in [5, 5.41) is 8.12. The van der Waals surface area contributed by atoms with Crippen molar-refractivity contribution in [3.05, 3.63) is 29.3 Å². The number of hydrogen-bond acceptors (Lipinski definition) is 4. The predicted octanol–water partition coefficient (Wildman–Crippen LogP) is 0.497. The second-order valence-corrected chi connectivity index (χ2v) is 6.64. The molecule has 3 N–H and O–H groups in total. The molecule has 25 heavy (non-hydrogen) atoms. The molecule has 0 amide bonds. The predicted molar refractivity (Wildman–Crippen MR) is 105 cm³/mol. The highest BCUT2D eigenvalue weighted by molar-refractivity contribution is 7.80. The third kappa shape index (κ3) is 6.61. The zero-order valence-corrected chi connectivity index (χ0v) is 16.2. The first kappa shape index (κ1) is 19.6. The van der Waals surface area contributed by atoms with Crippen LogP contribution < -0.4 is 20.4 Å². The van der Waals surface area contributed by atoms with Crippen LogP contribution in [0.4, 0.5) is 0 Å². The Morgan fingerprint density at radius 3 is 2.84 bits per heavy atom. The molecule has 1 aromatic carbocycles. The van der Waals surface area contributed by atoms with Crippen LogP contribution in [-0.4, -0.2) is 57.3 Å². The molecular weight excluding hydrogens is 336 g/mol. The Morgan fingerprint density at radius 1 is 1.36 bits per heavy atom. The van der Waals surface area contributed by atoms with E-state index in [1.54, 1.807) is 12.0 Å². The van der Waals surface area contributed by atoms with E-state index in [0.717, 1.165) is 68.4 Å². The van der Waals surface area contributed by atoms with Crippen molar-refractivity contribution in [3.63, 3.8) is 0 Å². The topological polar surface area (TPSA) is 59.3 Å². The highest BCUT2D eigenvalue weighted by atomic mass is 32.1. The maximum atomic E-state index is 5.40. The van der Waals surface area contributed by atoms with Gasteiger partial charge in [0, 0.05) is 18.5 Å². The Hall–Kier alpha value is -1.70. The Kier molecular flexibility index (Phi) is 8.11. The molecule has 0 aromatic heterocycles. The number of benzene rings is 1. The van der Waals surface area contributed by atoms with Crippen LogP contribution in [0.1, 0.15) is 24.5 Å². The summed E-state index contributed by atoms with van der Waals surface area (Å²) in [7, 11) is 1.66. The molecule has 1 aliphatic rings. The van der Waals surface area contributed by atoms with E-state index in [1.807, 2.05) is 26.0 Å². The third-order valence-electron chi connectivity index (χ3n) is 4.26. The van der Waals surface area contributed by atoms with E-state index in [4.69, 9.17) is 21.7 Å². The zero-order valence-electron chi connectivity index (χ0n) is 15.4. The van der Waals surface area contributed by atoms with Crippen LogP contribution in [0.15, 0.2) is 23.3 Å². The molecule has 1 aliphatic heterocycles. The number of hydrazone groups is 1. The van der Waals surface area contributed by atoms with Crippen molar-refractivity contribution in [2.75, 3.05) is 46.5 Å². The summed E-state index contributed by atoms with van der Waals surface area (Å²) >= 11 is 5.29. The molecule has 0 bridgehead atoms. The maximum absolute atomic E-state index is 5.40. The fourth-order valence-corrected chi connectivity index (χ4v) is 2.94. The van der Waals surface area contributed by atoms with Crippen LogP contribution in [-0.2, 0) is 4.74 Å². The minimum absolute atomic E-state index is 0.544. The summed E-state index contributed by atoms with van der Waals surface area (Å²) in [5.41, 5.74) is 5.88. The molecule has 1 saturated heterocycles. The molecule has 0 atom stereocenters. The van der Waals surface area contributed by atoms with Crippen molar-refractivity contribution < 1.29 is 14.4 Å². The van der Waals surface area contributed by atoms with Gasteiger partial charge in [-0.1, -0.05) is 11.6 Å². The summed E-state index contributed by atoms with van der Waals surface area (Å²) in [6.07, 6.45) is 1.07. The molecule has 6 nitrogen and oxygen atoms in total. The lowest BCUT2D eigenvalue weighted by atomic mass is 10.1. The normalized spacial score (nSPS) is 15.7. The number of nitrogens with zero attached hydrogens (tertiary/aromatic N) is 1. The molecular formula is C18H29N4O2S+. The second kappa shape index (κ2) is 10.3. The molecule has 1 aromatic rings. The number of thiocarbonyl (C=S) groups is 1. The number of hydrogen-bond donors (Lipinski definition) is 3. The Balaban J connectivity index is 1.74. The summed E-state index contributed by atoms with van der Waals surface area (Å²) < 4.78 is 10.8. The van der Waals surface area contributed by atoms with Crippen molar-refractivity contribution in [2.45, 2.75) is 20.3 Å². The van der Waals surface area contributed by atoms with Gasteiger partial charge in [-0.25, -0.2) is 0 Å². The lowest BCUT2D eigenvalue weighted by Crippen LogP contribution is -3.14. The standard InChI is InChI=1S/C18H28N4O2S/c1-14-5-6-17(23-3)16(13-14)15(2)20-21-18(25)19-7-4-8-22-9-11-24-12-10-22/h5-6,13H,4,7-12H2,1-3H3,(H2,19,21,25)/p+1/b20-15-. The molecule has 138 valence electrons. The minimum Gasteiger partial charge on any atom is -0.496 e. The van der Waals surface area contributed by atoms with Crippen molar-refractivity contribution >= 4 is 23.0 Å². The number of rotatable bonds is 7. The quantitative estimate of drug-likeness (QED) is 0.284. The number of ether oxygens (including phenoxy) is 2. The van der Waals surface area contributed by atoms with Gasteiger partial charge in [0.15, 0.2) is 5.11 Å². The molecule has 7 heteroatoms. The van der Waals surface area contributed by atoms with Crippen LogP contribution in [0.5, 0.6) is 5.75 Å². The molecule has 0 spiro atoms. The van der Waals surface area contributed by atoms with Gasteiger partial charge in [0.1, 0.15) is 18.8 Å². The van der Waals surface area contributed by atoms with Crippen molar-refractivity contribution in [1.29, 1.82) is 0 Å².